The predicted octanol–water partition coefficient (Wildman–Crippen LogP) is 3.76. The van der Waals surface area contributed by atoms with E-state index in [1.807, 2.05) is 18.0 Å². The molecular formula is C14H15FN4S2. The summed E-state index contributed by atoms with van der Waals surface area (Å²) in [6, 6.07) is 6.33. The van der Waals surface area contributed by atoms with Crippen LogP contribution in [0.5, 0.6) is 0 Å². The highest BCUT2D eigenvalue weighted by Crippen LogP contribution is 2.24. The fraction of sp³-hybridized carbons (Fsp3) is 0.286. The first-order valence-corrected chi connectivity index (χ1v) is 8.82. The molecule has 21 heavy (non-hydrogen) atoms. The lowest BCUT2D eigenvalue weighted by Crippen LogP contribution is -2.02. The van der Waals surface area contributed by atoms with E-state index in [1.54, 1.807) is 16.6 Å². The van der Waals surface area contributed by atoms with Crippen molar-refractivity contribution in [1.29, 1.82) is 0 Å². The van der Waals surface area contributed by atoms with E-state index in [4.69, 9.17) is 0 Å². The van der Waals surface area contributed by atoms with Crippen molar-refractivity contribution in [1.82, 2.24) is 14.6 Å². The maximum Gasteiger partial charge on any atom is 0.214 e. The molecule has 0 aliphatic carbocycles. The number of halogens is 1. The molecule has 3 rings (SSSR count). The number of benzene rings is 1. The highest BCUT2D eigenvalue weighted by molar-refractivity contribution is 7.98. The normalized spacial score (nSPS) is 11.1. The molecule has 0 unspecified atom stereocenters. The fourth-order valence-corrected chi connectivity index (χ4v) is 3.18. The number of nitrogens with one attached hydrogen (secondary N) is 1. The zero-order valence-electron chi connectivity index (χ0n) is 11.5. The van der Waals surface area contributed by atoms with E-state index in [1.165, 1.54) is 23.5 Å². The van der Waals surface area contributed by atoms with Crippen LogP contribution in [0.25, 0.3) is 16.2 Å². The van der Waals surface area contributed by atoms with E-state index in [0.29, 0.717) is 0 Å². The van der Waals surface area contributed by atoms with Crippen LogP contribution >= 0.6 is 23.1 Å². The van der Waals surface area contributed by atoms with Gasteiger partial charge in [0.15, 0.2) is 0 Å². The minimum Gasteiger partial charge on any atom is -0.360 e. The Balaban J connectivity index is 1.73. The molecule has 2 heterocycles. The lowest BCUT2D eigenvalue weighted by Gasteiger charge is -1.99. The van der Waals surface area contributed by atoms with E-state index in [2.05, 4.69) is 21.7 Å². The molecule has 0 aliphatic heterocycles. The molecule has 7 heteroatoms. The predicted molar refractivity (Wildman–Crippen MR) is 87.7 cm³/mol. The van der Waals surface area contributed by atoms with Gasteiger partial charge in [0.25, 0.3) is 0 Å². The molecule has 0 saturated heterocycles. The largest absolute Gasteiger partial charge is 0.360 e. The lowest BCUT2D eigenvalue weighted by molar-refractivity contribution is 0.628. The number of hydrogen-bond acceptors (Lipinski definition) is 5. The van der Waals surface area contributed by atoms with E-state index < -0.39 is 0 Å². The van der Waals surface area contributed by atoms with Gasteiger partial charge in [-0.1, -0.05) is 11.3 Å². The van der Waals surface area contributed by atoms with Crippen molar-refractivity contribution in [3.8, 4) is 11.3 Å². The Morgan fingerprint density at radius 1 is 1.33 bits per heavy atom. The van der Waals surface area contributed by atoms with Crippen LogP contribution < -0.4 is 5.32 Å². The van der Waals surface area contributed by atoms with Crippen molar-refractivity contribution in [2.75, 3.05) is 23.9 Å². The van der Waals surface area contributed by atoms with Crippen LogP contribution in [0.4, 0.5) is 9.52 Å². The zero-order valence-corrected chi connectivity index (χ0v) is 13.2. The number of hydrogen-bond donors (Lipinski definition) is 1. The summed E-state index contributed by atoms with van der Waals surface area (Å²) >= 11 is 3.37. The molecule has 0 atom stereocenters. The number of aromatic nitrogens is 3. The van der Waals surface area contributed by atoms with E-state index >= 15 is 0 Å². The van der Waals surface area contributed by atoms with Gasteiger partial charge in [-0.2, -0.15) is 11.8 Å². The molecule has 0 bridgehead atoms. The second-order valence-corrected chi connectivity index (χ2v) is 6.48. The average Bonchev–Trinajstić information content (AvgIpc) is 3.02. The fourth-order valence-electron chi connectivity index (χ4n) is 1.94. The van der Waals surface area contributed by atoms with Gasteiger partial charge in [-0.25, -0.2) is 13.9 Å². The highest BCUT2D eigenvalue weighted by atomic mass is 32.2. The molecule has 0 amide bonds. The highest BCUT2D eigenvalue weighted by Gasteiger charge is 2.09. The van der Waals surface area contributed by atoms with Crippen molar-refractivity contribution < 1.29 is 4.39 Å². The van der Waals surface area contributed by atoms with Crippen molar-refractivity contribution in [3.63, 3.8) is 0 Å². The van der Waals surface area contributed by atoms with Gasteiger partial charge in [-0.15, -0.1) is 5.10 Å². The van der Waals surface area contributed by atoms with Crippen molar-refractivity contribution in [3.05, 3.63) is 36.3 Å². The van der Waals surface area contributed by atoms with Gasteiger partial charge in [0.05, 0.1) is 11.9 Å². The van der Waals surface area contributed by atoms with Crippen molar-refractivity contribution in [2.24, 2.45) is 0 Å². The van der Waals surface area contributed by atoms with E-state index in [-0.39, 0.29) is 5.82 Å². The van der Waals surface area contributed by atoms with Crippen LogP contribution in [-0.4, -0.2) is 33.2 Å². The molecule has 3 aromatic rings. The summed E-state index contributed by atoms with van der Waals surface area (Å²) in [7, 11) is 0. The maximum atomic E-state index is 12.9. The molecule has 0 aliphatic rings. The van der Waals surface area contributed by atoms with Crippen LogP contribution in [0, 0.1) is 5.82 Å². The summed E-state index contributed by atoms with van der Waals surface area (Å²) in [5, 5.41) is 8.64. The Morgan fingerprint density at radius 2 is 2.14 bits per heavy atom. The molecule has 110 valence electrons. The summed E-state index contributed by atoms with van der Waals surface area (Å²) < 4.78 is 14.7. The Kier molecular flexibility index (Phi) is 4.40. The van der Waals surface area contributed by atoms with Gasteiger partial charge in [0.2, 0.25) is 10.1 Å². The number of nitrogens with zero attached hydrogens (tertiary/aromatic N) is 3. The van der Waals surface area contributed by atoms with Gasteiger partial charge in [0.1, 0.15) is 5.82 Å². The Morgan fingerprint density at radius 3 is 2.86 bits per heavy atom. The Bertz CT molecular complexity index is 689. The molecule has 4 nitrogen and oxygen atoms in total. The van der Waals surface area contributed by atoms with Crippen LogP contribution in [0.15, 0.2) is 30.5 Å². The van der Waals surface area contributed by atoms with Crippen molar-refractivity contribution in [2.45, 2.75) is 6.42 Å². The molecule has 2 aromatic heterocycles. The second kappa shape index (κ2) is 6.44. The maximum absolute atomic E-state index is 12.9. The Hall–Kier alpha value is -1.60. The summed E-state index contributed by atoms with van der Waals surface area (Å²) in [5.74, 6) is 0.902. The minimum absolute atomic E-state index is 0.241. The van der Waals surface area contributed by atoms with Crippen LogP contribution in [0.3, 0.4) is 0 Å². The third-order valence-corrected chi connectivity index (χ3v) is 4.56. The topological polar surface area (TPSA) is 42.2 Å². The standard InChI is InChI=1S/C14H15FN4S2/c1-20-8-2-7-16-13-18-19-9-12(17-14(19)21-13)10-3-5-11(15)6-4-10/h3-6,9H,2,7-8H2,1H3,(H,16,18). The third kappa shape index (κ3) is 3.36. The summed E-state index contributed by atoms with van der Waals surface area (Å²) in [5.41, 5.74) is 1.70. The van der Waals surface area contributed by atoms with Crippen molar-refractivity contribution >= 4 is 33.2 Å². The van der Waals surface area contributed by atoms with Gasteiger partial charge in [-0.05, 0) is 42.7 Å². The molecule has 0 spiro atoms. The van der Waals surface area contributed by atoms with Gasteiger partial charge in [0, 0.05) is 12.1 Å². The van der Waals surface area contributed by atoms with Gasteiger partial charge >= 0.3 is 0 Å². The molecule has 0 fully saturated rings. The quantitative estimate of drug-likeness (QED) is 0.702. The van der Waals surface area contributed by atoms with Crippen LogP contribution in [0.2, 0.25) is 0 Å². The van der Waals surface area contributed by atoms with Crippen LogP contribution in [-0.2, 0) is 0 Å². The molecule has 1 aromatic carbocycles. The van der Waals surface area contributed by atoms with E-state index in [0.717, 1.165) is 40.1 Å². The van der Waals surface area contributed by atoms with Crippen LogP contribution in [0.1, 0.15) is 6.42 Å². The second-order valence-electron chi connectivity index (χ2n) is 4.54. The van der Waals surface area contributed by atoms with Gasteiger partial charge < -0.3 is 5.32 Å². The average molecular weight is 322 g/mol. The smallest absolute Gasteiger partial charge is 0.214 e. The number of fused-ring (bicyclic) bond motifs is 1. The third-order valence-electron chi connectivity index (χ3n) is 2.98. The summed E-state index contributed by atoms with van der Waals surface area (Å²) in [4.78, 5) is 5.37. The Labute approximate surface area is 130 Å². The molecule has 1 N–H and O–H groups in total. The van der Waals surface area contributed by atoms with E-state index in [9.17, 15) is 4.39 Å². The minimum atomic E-state index is -0.241. The number of rotatable bonds is 6. The first-order chi connectivity index (χ1) is 10.3. The number of thioether (sulfide) groups is 1. The molecular weight excluding hydrogens is 307 g/mol. The lowest BCUT2D eigenvalue weighted by atomic mass is 10.2. The van der Waals surface area contributed by atoms with Gasteiger partial charge in [-0.3, -0.25) is 0 Å². The first-order valence-electron chi connectivity index (χ1n) is 6.61. The number of anilines is 1. The molecule has 0 radical (unpaired) electrons. The SMILES string of the molecule is CSCCCNc1nn2cc(-c3ccc(F)cc3)nc2s1. The summed E-state index contributed by atoms with van der Waals surface area (Å²) in [6.45, 7) is 0.919. The zero-order chi connectivity index (χ0) is 14.7. The summed E-state index contributed by atoms with van der Waals surface area (Å²) in [6.07, 6.45) is 5.09. The molecule has 0 saturated carbocycles. The monoisotopic (exact) mass is 322 g/mol. The first kappa shape index (κ1) is 14.3. The number of imidazole rings is 1.